The zero-order valence-electron chi connectivity index (χ0n) is 15.8. The summed E-state index contributed by atoms with van der Waals surface area (Å²) in [6.07, 6.45) is 1.30. The molecule has 0 bridgehead atoms. The number of likely N-dealkylation sites (tertiary alicyclic amines) is 1. The summed E-state index contributed by atoms with van der Waals surface area (Å²) in [4.78, 5) is 29.9. The predicted molar refractivity (Wildman–Crippen MR) is 99.9 cm³/mol. The number of hydrogen-bond acceptors (Lipinski definition) is 4. The second-order valence-corrected chi connectivity index (χ2v) is 6.98. The highest BCUT2D eigenvalue weighted by Crippen LogP contribution is 2.33. The number of likely N-dealkylation sites (N-methyl/N-ethyl adjacent to an activating group) is 1. The van der Waals surface area contributed by atoms with Crippen LogP contribution in [0.25, 0.3) is 0 Å². The van der Waals surface area contributed by atoms with Crippen LogP contribution in [0.1, 0.15) is 25.3 Å². The van der Waals surface area contributed by atoms with E-state index in [1.54, 1.807) is 16.8 Å². The maximum absolute atomic E-state index is 12.6. The summed E-state index contributed by atoms with van der Waals surface area (Å²) in [6, 6.07) is 8.04. The van der Waals surface area contributed by atoms with Crippen LogP contribution in [0.2, 0.25) is 0 Å². The van der Waals surface area contributed by atoms with E-state index in [0.717, 1.165) is 17.8 Å². The molecule has 2 heterocycles. The third kappa shape index (κ3) is 3.49. The van der Waals surface area contributed by atoms with E-state index in [4.69, 9.17) is 4.74 Å². The number of amides is 3. The van der Waals surface area contributed by atoms with Crippen molar-refractivity contribution in [2.45, 2.75) is 32.0 Å². The summed E-state index contributed by atoms with van der Waals surface area (Å²) in [5.41, 5.74) is 1.71. The Hall–Kier alpha value is -2.28. The molecule has 2 fully saturated rings. The zero-order chi connectivity index (χ0) is 18.7. The molecule has 1 aromatic carbocycles. The van der Waals surface area contributed by atoms with Gasteiger partial charge in [0.15, 0.2) is 0 Å². The van der Waals surface area contributed by atoms with E-state index >= 15 is 0 Å². The molecule has 1 spiro atoms. The monoisotopic (exact) mass is 360 g/mol. The van der Waals surface area contributed by atoms with Crippen molar-refractivity contribution >= 4 is 17.6 Å². The first-order chi connectivity index (χ1) is 12.5. The molecule has 2 aliphatic heterocycles. The van der Waals surface area contributed by atoms with Crippen LogP contribution in [0.3, 0.4) is 0 Å². The first-order valence-electron chi connectivity index (χ1n) is 9.19. The topological polar surface area (TPSA) is 65.1 Å². The van der Waals surface area contributed by atoms with Gasteiger partial charge < -0.3 is 24.8 Å². The van der Waals surface area contributed by atoms with Gasteiger partial charge in [0.25, 0.3) is 5.91 Å². The third-order valence-electron chi connectivity index (χ3n) is 5.59. The minimum atomic E-state index is -0.524. The first kappa shape index (κ1) is 18.5. The van der Waals surface area contributed by atoms with Gasteiger partial charge in [-0.05, 0) is 18.6 Å². The van der Waals surface area contributed by atoms with Gasteiger partial charge in [-0.1, -0.05) is 18.2 Å². The van der Waals surface area contributed by atoms with Gasteiger partial charge in [0.1, 0.15) is 12.3 Å². The number of rotatable bonds is 4. The molecule has 2 saturated heterocycles. The molecule has 142 valence electrons. The van der Waals surface area contributed by atoms with E-state index in [1.165, 1.54) is 0 Å². The van der Waals surface area contributed by atoms with E-state index in [0.29, 0.717) is 32.5 Å². The fourth-order valence-electron chi connectivity index (χ4n) is 3.64. The van der Waals surface area contributed by atoms with Gasteiger partial charge in [-0.3, -0.25) is 4.79 Å². The van der Waals surface area contributed by atoms with Crippen molar-refractivity contribution < 1.29 is 14.3 Å². The van der Waals surface area contributed by atoms with E-state index in [9.17, 15) is 9.59 Å². The molecule has 0 aromatic heterocycles. The second kappa shape index (κ2) is 7.53. The largest absolute Gasteiger partial charge is 0.375 e. The van der Waals surface area contributed by atoms with Crippen LogP contribution in [0, 0.1) is 0 Å². The number of nitrogens with one attached hydrogen (secondary N) is 1. The summed E-state index contributed by atoms with van der Waals surface area (Å²) in [7, 11) is 3.83. The highest BCUT2D eigenvalue weighted by molar-refractivity contribution is 5.80. The average Bonchev–Trinajstić information content (AvgIpc) is 2.95. The minimum absolute atomic E-state index is 0.0135. The number of piperidine rings is 1. The van der Waals surface area contributed by atoms with Gasteiger partial charge in [-0.15, -0.1) is 0 Å². The van der Waals surface area contributed by atoms with E-state index in [1.807, 2.05) is 25.2 Å². The fraction of sp³-hybridized carbons (Fsp3) is 0.579. The lowest BCUT2D eigenvalue weighted by atomic mass is 9.99. The smallest absolute Gasteiger partial charge is 0.317 e. The van der Waals surface area contributed by atoms with Crippen molar-refractivity contribution in [1.82, 2.24) is 15.1 Å². The first-order valence-corrected chi connectivity index (χ1v) is 9.19. The van der Waals surface area contributed by atoms with Crippen LogP contribution >= 0.6 is 0 Å². The molecule has 3 rings (SSSR count). The standard InChI is InChI=1S/C19H28N4O3/c1-4-21(2)16-8-6-5-7-15(16)13-20-18(25)23-11-9-19(10-12-23)22(3)17(24)14-26-19/h5-8H,4,9-14H2,1-3H3,(H,20,25). The summed E-state index contributed by atoms with van der Waals surface area (Å²) >= 11 is 0. The van der Waals surface area contributed by atoms with E-state index in [-0.39, 0.29) is 18.5 Å². The number of nitrogens with zero attached hydrogens (tertiary/aromatic N) is 3. The molecule has 1 aromatic rings. The van der Waals surface area contributed by atoms with Crippen LogP contribution in [-0.4, -0.2) is 67.8 Å². The number of urea groups is 1. The Morgan fingerprint density at radius 2 is 2.00 bits per heavy atom. The third-order valence-corrected chi connectivity index (χ3v) is 5.59. The van der Waals surface area contributed by atoms with Crippen molar-refractivity contribution in [2.75, 3.05) is 45.2 Å². The lowest BCUT2D eigenvalue weighted by Gasteiger charge is -2.41. The number of para-hydroxylation sites is 1. The van der Waals surface area contributed by atoms with Crippen LogP contribution in [0.4, 0.5) is 10.5 Å². The Morgan fingerprint density at radius 3 is 2.62 bits per heavy atom. The number of carbonyl (C=O) groups is 2. The molecule has 0 radical (unpaired) electrons. The summed E-state index contributed by atoms with van der Waals surface area (Å²) in [5, 5.41) is 3.03. The normalized spacial score (nSPS) is 19.1. The quantitative estimate of drug-likeness (QED) is 0.886. The molecule has 0 unspecified atom stereocenters. The summed E-state index contributed by atoms with van der Waals surface area (Å²) in [6.45, 7) is 4.82. The molecule has 0 saturated carbocycles. The maximum Gasteiger partial charge on any atom is 0.317 e. The number of carbonyl (C=O) groups excluding carboxylic acids is 2. The zero-order valence-corrected chi connectivity index (χ0v) is 15.8. The second-order valence-electron chi connectivity index (χ2n) is 6.98. The number of benzene rings is 1. The molecule has 0 aliphatic carbocycles. The molecule has 7 nitrogen and oxygen atoms in total. The maximum atomic E-state index is 12.6. The summed E-state index contributed by atoms with van der Waals surface area (Å²) < 4.78 is 5.73. The fourth-order valence-corrected chi connectivity index (χ4v) is 3.64. The van der Waals surface area contributed by atoms with Crippen molar-refractivity contribution in [1.29, 1.82) is 0 Å². The molecular weight excluding hydrogens is 332 g/mol. The van der Waals surface area contributed by atoms with Gasteiger partial charge in [-0.2, -0.15) is 0 Å². The van der Waals surface area contributed by atoms with Crippen molar-refractivity contribution in [3.8, 4) is 0 Å². The molecule has 7 heteroatoms. The van der Waals surface area contributed by atoms with Gasteiger partial charge in [0.2, 0.25) is 0 Å². The average molecular weight is 360 g/mol. The van der Waals surface area contributed by atoms with Crippen LogP contribution < -0.4 is 10.2 Å². The highest BCUT2D eigenvalue weighted by Gasteiger charge is 2.47. The van der Waals surface area contributed by atoms with Gasteiger partial charge in [-0.25, -0.2) is 4.79 Å². The number of ether oxygens (including phenoxy) is 1. The van der Waals surface area contributed by atoms with Crippen LogP contribution in [0.5, 0.6) is 0 Å². The molecule has 3 amide bonds. The molecule has 26 heavy (non-hydrogen) atoms. The van der Waals surface area contributed by atoms with Crippen molar-refractivity contribution in [3.05, 3.63) is 29.8 Å². The van der Waals surface area contributed by atoms with Gasteiger partial charge in [0, 0.05) is 58.8 Å². The highest BCUT2D eigenvalue weighted by atomic mass is 16.5. The minimum Gasteiger partial charge on any atom is -0.375 e. The van der Waals surface area contributed by atoms with Crippen molar-refractivity contribution in [3.63, 3.8) is 0 Å². The predicted octanol–water partition coefficient (Wildman–Crippen LogP) is 1.63. The number of hydrogen-bond donors (Lipinski definition) is 1. The van der Waals surface area contributed by atoms with Crippen LogP contribution in [-0.2, 0) is 16.1 Å². The molecule has 1 N–H and O–H groups in total. The Balaban J connectivity index is 1.55. The van der Waals surface area contributed by atoms with Gasteiger partial charge >= 0.3 is 6.03 Å². The van der Waals surface area contributed by atoms with Crippen molar-refractivity contribution in [2.24, 2.45) is 0 Å². The van der Waals surface area contributed by atoms with Gasteiger partial charge in [0.05, 0.1) is 0 Å². The Labute approximate surface area is 154 Å². The summed E-state index contributed by atoms with van der Waals surface area (Å²) in [5.74, 6) is 0.0135. The number of anilines is 1. The lowest BCUT2D eigenvalue weighted by Crippen LogP contribution is -2.55. The van der Waals surface area contributed by atoms with Crippen LogP contribution in [0.15, 0.2) is 24.3 Å². The lowest BCUT2D eigenvalue weighted by molar-refractivity contribution is -0.135. The Bertz CT molecular complexity index is 671. The van der Waals surface area contributed by atoms with E-state index in [2.05, 4.69) is 23.2 Å². The Morgan fingerprint density at radius 1 is 1.31 bits per heavy atom. The Kier molecular flexibility index (Phi) is 5.36. The molecular formula is C19H28N4O3. The SMILES string of the molecule is CCN(C)c1ccccc1CNC(=O)N1CCC2(CC1)OCC(=O)N2C. The molecule has 0 atom stereocenters. The van der Waals surface area contributed by atoms with E-state index < -0.39 is 5.72 Å². The molecule has 2 aliphatic rings.